The Hall–Kier alpha value is -0.950. The van der Waals surface area contributed by atoms with Crippen LogP contribution in [0.4, 0.5) is 0 Å². The van der Waals surface area contributed by atoms with E-state index < -0.39 is 10.0 Å². The van der Waals surface area contributed by atoms with Crippen LogP contribution < -0.4 is 10.0 Å². The predicted octanol–water partition coefficient (Wildman–Crippen LogP) is 1.56. The molecule has 2 rings (SSSR count). The summed E-state index contributed by atoms with van der Waals surface area (Å²) in [5.41, 5.74) is 1.78. The highest BCUT2D eigenvalue weighted by molar-refractivity contribution is 7.89. The maximum atomic E-state index is 12.6. The lowest BCUT2D eigenvalue weighted by molar-refractivity contribution is 0.0902. The molecule has 1 aliphatic rings. The Labute approximate surface area is 127 Å². The molecule has 1 heterocycles. The second kappa shape index (κ2) is 6.87. The lowest BCUT2D eigenvalue weighted by Crippen LogP contribution is -2.41. The lowest BCUT2D eigenvalue weighted by atomic mass is 10.1. The first-order valence-corrected chi connectivity index (χ1v) is 8.81. The summed E-state index contributed by atoms with van der Waals surface area (Å²) >= 11 is 0. The molecular weight excluding hydrogens is 288 g/mol. The van der Waals surface area contributed by atoms with E-state index in [0.717, 1.165) is 24.0 Å². The molecule has 0 aromatic heterocycles. The summed E-state index contributed by atoms with van der Waals surface area (Å²) in [4.78, 5) is 0.347. The molecule has 0 aliphatic carbocycles. The minimum absolute atomic E-state index is 0.0272. The van der Waals surface area contributed by atoms with Gasteiger partial charge in [-0.2, -0.15) is 0 Å². The van der Waals surface area contributed by atoms with Crippen molar-refractivity contribution in [2.24, 2.45) is 0 Å². The molecule has 0 radical (unpaired) electrons. The molecule has 0 amide bonds. The van der Waals surface area contributed by atoms with Crippen molar-refractivity contribution in [3.05, 3.63) is 29.3 Å². The SMILES string of the molecule is CNCc1cccc(S(=O)(=O)NC(C)C2CCCO2)c1C. The number of ether oxygens (including phenoxy) is 1. The number of nitrogens with one attached hydrogen (secondary N) is 2. The van der Waals surface area contributed by atoms with Gasteiger partial charge in [0.25, 0.3) is 0 Å². The van der Waals surface area contributed by atoms with Crippen molar-refractivity contribution >= 4 is 10.0 Å². The summed E-state index contributed by atoms with van der Waals surface area (Å²) in [6, 6.07) is 5.16. The monoisotopic (exact) mass is 312 g/mol. The average Bonchev–Trinajstić information content (AvgIpc) is 2.94. The summed E-state index contributed by atoms with van der Waals surface area (Å²) in [5.74, 6) is 0. The van der Waals surface area contributed by atoms with E-state index in [4.69, 9.17) is 4.74 Å². The van der Waals surface area contributed by atoms with E-state index in [-0.39, 0.29) is 12.1 Å². The van der Waals surface area contributed by atoms with E-state index >= 15 is 0 Å². The molecule has 5 nitrogen and oxygen atoms in total. The van der Waals surface area contributed by atoms with Crippen molar-refractivity contribution in [2.75, 3.05) is 13.7 Å². The zero-order valence-electron chi connectivity index (χ0n) is 12.8. The molecule has 21 heavy (non-hydrogen) atoms. The molecule has 2 unspecified atom stereocenters. The highest BCUT2D eigenvalue weighted by Crippen LogP contribution is 2.21. The van der Waals surface area contributed by atoms with Gasteiger partial charge in [-0.1, -0.05) is 12.1 Å². The van der Waals surface area contributed by atoms with Gasteiger partial charge in [0.15, 0.2) is 0 Å². The minimum atomic E-state index is -3.53. The molecule has 6 heteroatoms. The molecule has 1 saturated heterocycles. The van der Waals surface area contributed by atoms with Crippen molar-refractivity contribution in [1.29, 1.82) is 0 Å². The Morgan fingerprint density at radius 3 is 2.81 bits per heavy atom. The average molecular weight is 312 g/mol. The zero-order valence-corrected chi connectivity index (χ0v) is 13.7. The highest BCUT2D eigenvalue weighted by atomic mass is 32.2. The lowest BCUT2D eigenvalue weighted by Gasteiger charge is -2.21. The highest BCUT2D eigenvalue weighted by Gasteiger charge is 2.27. The summed E-state index contributed by atoms with van der Waals surface area (Å²) in [5, 5.41) is 3.05. The van der Waals surface area contributed by atoms with Crippen LogP contribution in [0.2, 0.25) is 0 Å². The quantitative estimate of drug-likeness (QED) is 0.836. The molecule has 0 bridgehead atoms. The number of hydrogen-bond acceptors (Lipinski definition) is 4. The number of benzene rings is 1. The normalized spacial score (nSPS) is 20.6. The van der Waals surface area contributed by atoms with Gasteiger partial charge in [-0.05, 0) is 50.9 Å². The number of sulfonamides is 1. The second-order valence-electron chi connectivity index (χ2n) is 5.53. The number of hydrogen-bond donors (Lipinski definition) is 2. The van der Waals surface area contributed by atoms with E-state index in [1.807, 2.05) is 27.0 Å². The van der Waals surface area contributed by atoms with Gasteiger partial charge in [0.05, 0.1) is 11.0 Å². The van der Waals surface area contributed by atoms with Crippen LogP contribution in [0.15, 0.2) is 23.1 Å². The Kier molecular flexibility index (Phi) is 5.37. The fraction of sp³-hybridized carbons (Fsp3) is 0.600. The van der Waals surface area contributed by atoms with Crippen molar-refractivity contribution < 1.29 is 13.2 Å². The van der Waals surface area contributed by atoms with Gasteiger partial charge in [-0.15, -0.1) is 0 Å². The van der Waals surface area contributed by atoms with Crippen LogP contribution >= 0.6 is 0 Å². The van der Waals surface area contributed by atoms with Gasteiger partial charge < -0.3 is 10.1 Å². The van der Waals surface area contributed by atoms with Gasteiger partial charge >= 0.3 is 0 Å². The summed E-state index contributed by atoms with van der Waals surface area (Å²) in [7, 11) is -1.68. The fourth-order valence-electron chi connectivity index (χ4n) is 2.71. The van der Waals surface area contributed by atoms with Crippen molar-refractivity contribution in [3.63, 3.8) is 0 Å². The Morgan fingerprint density at radius 2 is 2.19 bits per heavy atom. The fourth-order valence-corrected chi connectivity index (χ4v) is 4.27. The summed E-state index contributed by atoms with van der Waals surface area (Å²) in [6.07, 6.45) is 1.87. The van der Waals surface area contributed by atoms with Crippen molar-refractivity contribution in [3.8, 4) is 0 Å². The van der Waals surface area contributed by atoms with E-state index in [9.17, 15) is 8.42 Å². The Bertz CT molecular complexity index is 581. The van der Waals surface area contributed by atoms with Crippen molar-refractivity contribution in [1.82, 2.24) is 10.0 Å². The molecule has 1 aromatic carbocycles. The van der Waals surface area contributed by atoms with Crippen LogP contribution in [-0.4, -0.2) is 34.2 Å². The van der Waals surface area contributed by atoms with Crippen LogP contribution in [0.1, 0.15) is 30.9 Å². The van der Waals surface area contributed by atoms with Gasteiger partial charge in [-0.3, -0.25) is 0 Å². The van der Waals surface area contributed by atoms with Crippen LogP contribution in [0.5, 0.6) is 0 Å². The summed E-state index contributed by atoms with van der Waals surface area (Å²) < 4.78 is 33.5. The van der Waals surface area contributed by atoms with Gasteiger partial charge in [0.1, 0.15) is 0 Å². The van der Waals surface area contributed by atoms with Gasteiger partial charge in [0.2, 0.25) is 10.0 Å². The van der Waals surface area contributed by atoms with Gasteiger partial charge in [-0.25, -0.2) is 13.1 Å². The van der Waals surface area contributed by atoms with Crippen LogP contribution in [-0.2, 0) is 21.3 Å². The number of rotatable bonds is 6. The third-order valence-electron chi connectivity index (χ3n) is 3.92. The maximum Gasteiger partial charge on any atom is 0.241 e. The second-order valence-corrected chi connectivity index (χ2v) is 7.21. The van der Waals surface area contributed by atoms with Gasteiger partial charge in [0, 0.05) is 19.2 Å². The third-order valence-corrected chi connectivity index (χ3v) is 5.62. The largest absolute Gasteiger partial charge is 0.377 e. The van der Waals surface area contributed by atoms with Crippen molar-refractivity contribution in [2.45, 2.75) is 50.3 Å². The predicted molar refractivity (Wildman–Crippen MR) is 82.7 cm³/mol. The molecule has 2 atom stereocenters. The topological polar surface area (TPSA) is 67.4 Å². The van der Waals surface area contributed by atoms with E-state index in [0.29, 0.717) is 18.0 Å². The smallest absolute Gasteiger partial charge is 0.241 e. The summed E-state index contributed by atoms with van der Waals surface area (Å²) in [6.45, 7) is 5.07. The first-order chi connectivity index (χ1) is 9.95. The van der Waals surface area contributed by atoms with Crippen LogP contribution in [0.3, 0.4) is 0 Å². The molecule has 0 saturated carbocycles. The molecule has 1 aliphatic heterocycles. The van der Waals surface area contributed by atoms with Crippen LogP contribution in [0, 0.1) is 6.92 Å². The van der Waals surface area contributed by atoms with Crippen LogP contribution in [0.25, 0.3) is 0 Å². The molecule has 1 aromatic rings. The molecule has 2 N–H and O–H groups in total. The first-order valence-electron chi connectivity index (χ1n) is 7.32. The van der Waals surface area contributed by atoms with E-state index in [1.165, 1.54) is 0 Å². The third kappa shape index (κ3) is 3.83. The molecule has 118 valence electrons. The Balaban J connectivity index is 2.20. The standard InChI is InChI=1S/C15H24N2O3S/c1-11-13(10-16-3)6-4-8-15(11)21(18,19)17-12(2)14-7-5-9-20-14/h4,6,8,12,14,16-17H,5,7,9-10H2,1-3H3. The van der Waals surface area contributed by atoms with E-state index in [1.54, 1.807) is 12.1 Å². The zero-order chi connectivity index (χ0) is 15.5. The Morgan fingerprint density at radius 1 is 1.43 bits per heavy atom. The van der Waals surface area contributed by atoms with E-state index in [2.05, 4.69) is 10.0 Å². The first kappa shape index (κ1) is 16.4. The molecule has 1 fully saturated rings. The minimum Gasteiger partial charge on any atom is -0.377 e. The molecule has 0 spiro atoms. The maximum absolute atomic E-state index is 12.6. The molecular formula is C15H24N2O3S.